The van der Waals surface area contributed by atoms with E-state index in [1.54, 1.807) is 6.07 Å². The molecular formula is C15H23N3O3. The van der Waals surface area contributed by atoms with E-state index in [0.29, 0.717) is 24.2 Å². The molecule has 1 aliphatic rings. The molecule has 0 spiro atoms. The summed E-state index contributed by atoms with van der Waals surface area (Å²) in [5, 5.41) is 12.3. The smallest absolute Gasteiger partial charge is 0.306 e. The fraction of sp³-hybridized carbons (Fsp3) is 0.667. The molecule has 1 aromatic heterocycles. The molecule has 0 unspecified atom stereocenters. The van der Waals surface area contributed by atoms with Crippen molar-refractivity contribution in [1.82, 2.24) is 9.97 Å². The Bertz CT molecular complexity index is 485. The summed E-state index contributed by atoms with van der Waals surface area (Å²) in [5.41, 5.74) is 0. The van der Waals surface area contributed by atoms with Crippen molar-refractivity contribution in [2.75, 3.05) is 18.5 Å². The molecule has 0 bridgehead atoms. The number of ether oxygens (including phenoxy) is 1. The second-order valence-corrected chi connectivity index (χ2v) is 5.51. The minimum Gasteiger partial charge on any atom is -0.481 e. The molecule has 0 saturated heterocycles. The summed E-state index contributed by atoms with van der Waals surface area (Å²) in [6, 6.07) is 1.80. The van der Waals surface area contributed by atoms with Crippen LogP contribution in [-0.4, -0.2) is 34.2 Å². The first kappa shape index (κ1) is 15.5. The van der Waals surface area contributed by atoms with E-state index in [-0.39, 0.29) is 5.92 Å². The molecule has 1 aliphatic carbocycles. The van der Waals surface area contributed by atoms with Crippen molar-refractivity contribution >= 4 is 11.8 Å². The lowest BCUT2D eigenvalue weighted by atomic mass is 9.82. The zero-order chi connectivity index (χ0) is 15.2. The van der Waals surface area contributed by atoms with Crippen LogP contribution in [0.15, 0.2) is 6.07 Å². The van der Waals surface area contributed by atoms with Gasteiger partial charge in [-0.25, -0.2) is 4.98 Å². The summed E-state index contributed by atoms with van der Waals surface area (Å²) in [4.78, 5) is 19.5. The highest BCUT2D eigenvalue weighted by Crippen LogP contribution is 2.29. The Morgan fingerprint density at radius 3 is 2.71 bits per heavy atom. The lowest BCUT2D eigenvalue weighted by Crippen LogP contribution is -2.25. The Morgan fingerprint density at radius 2 is 2.10 bits per heavy atom. The number of hydrogen-bond acceptors (Lipinski definition) is 5. The largest absolute Gasteiger partial charge is 0.481 e. The van der Waals surface area contributed by atoms with Gasteiger partial charge < -0.3 is 15.2 Å². The van der Waals surface area contributed by atoms with Crippen molar-refractivity contribution in [2.24, 2.45) is 11.8 Å². The fourth-order valence-electron chi connectivity index (χ4n) is 2.72. The third-order valence-corrected chi connectivity index (χ3v) is 3.87. The number of carboxylic acid groups (broad SMARTS) is 1. The molecule has 1 heterocycles. The average molecular weight is 293 g/mol. The highest BCUT2D eigenvalue weighted by atomic mass is 16.5. The van der Waals surface area contributed by atoms with Gasteiger partial charge in [0.2, 0.25) is 5.88 Å². The summed E-state index contributed by atoms with van der Waals surface area (Å²) < 4.78 is 5.40. The monoisotopic (exact) mass is 293 g/mol. The standard InChI is InChI=1S/C15H23N3O3/c1-3-21-14-8-13(17-10(2)18-14)16-9-11-4-6-12(7-5-11)15(19)20/h8,11-12H,3-7,9H2,1-2H3,(H,19,20)(H,16,17,18). The van der Waals surface area contributed by atoms with Crippen LogP contribution < -0.4 is 10.1 Å². The van der Waals surface area contributed by atoms with Gasteiger partial charge in [0.15, 0.2) is 0 Å². The molecule has 1 fully saturated rings. The normalized spacial score (nSPS) is 21.8. The molecule has 2 rings (SSSR count). The maximum Gasteiger partial charge on any atom is 0.306 e. The van der Waals surface area contributed by atoms with Crippen molar-refractivity contribution in [2.45, 2.75) is 39.5 Å². The highest BCUT2D eigenvalue weighted by molar-refractivity contribution is 5.70. The molecule has 6 heteroatoms. The summed E-state index contributed by atoms with van der Waals surface area (Å²) in [6.07, 6.45) is 3.45. The molecule has 0 amide bonds. The van der Waals surface area contributed by atoms with Gasteiger partial charge in [-0.15, -0.1) is 0 Å². The van der Waals surface area contributed by atoms with Crippen molar-refractivity contribution in [3.63, 3.8) is 0 Å². The highest BCUT2D eigenvalue weighted by Gasteiger charge is 2.25. The van der Waals surface area contributed by atoms with Crippen molar-refractivity contribution < 1.29 is 14.6 Å². The third kappa shape index (κ3) is 4.58. The Labute approximate surface area is 124 Å². The minimum atomic E-state index is -0.658. The van der Waals surface area contributed by atoms with E-state index < -0.39 is 5.97 Å². The Hall–Kier alpha value is -1.85. The van der Waals surface area contributed by atoms with E-state index in [0.717, 1.165) is 38.0 Å². The number of nitrogens with zero attached hydrogens (tertiary/aromatic N) is 2. The second kappa shape index (κ2) is 7.24. The van der Waals surface area contributed by atoms with Gasteiger partial charge >= 0.3 is 5.97 Å². The lowest BCUT2D eigenvalue weighted by molar-refractivity contribution is -0.143. The van der Waals surface area contributed by atoms with Gasteiger partial charge in [-0.05, 0) is 45.4 Å². The van der Waals surface area contributed by atoms with Crippen LogP contribution in [0.4, 0.5) is 5.82 Å². The summed E-state index contributed by atoms with van der Waals surface area (Å²) in [6.45, 7) is 5.15. The van der Waals surface area contributed by atoms with Gasteiger partial charge in [0.25, 0.3) is 0 Å². The van der Waals surface area contributed by atoms with Crippen LogP contribution >= 0.6 is 0 Å². The molecule has 116 valence electrons. The molecular weight excluding hydrogens is 270 g/mol. The van der Waals surface area contributed by atoms with Crippen LogP contribution in [-0.2, 0) is 4.79 Å². The van der Waals surface area contributed by atoms with Crippen LogP contribution in [0.3, 0.4) is 0 Å². The van der Waals surface area contributed by atoms with E-state index in [1.807, 2.05) is 13.8 Å². The number of rotatable bonds is 6. The molecule has 0 radical (unpaired) electrons. The third-order valence-electron chi connectivity index (χ3n) is 3.87. The van der Waals surface area contributed by atoms with Crippen LogP contribution in [0, 0.1) is 18.8 Å². The first-order valence-corrected chi connectivity index (χ1v) is 7.53. The van der Waals surface area contributed by atoms with Crippen molar-refractivity contribution in [3.05, 3.63) is 11.9 Å². The average Bonchev–Trinajstić information content (AvgIpc) is 2.45. The zero-order valence-electron chi connectivity index (χ0n) is 12.6. The summed E-state index contributed by atoms with van der Waals surface area (Å²) >= 11 is 0. The summed E-state index contributed by atoms with van der Waals surface area (Å²) in [7, 11) is 0. The van der Waals surface area contributed by atoms with E-state index in [1.165, 1.54) is 0 Å². The maximum absolute atomic E-state index is 10.9. The van der Waals surface area contributed by atoms with Gasteiger partial charge in [-0.1, -0.05) is 0 Å². The first-order chi connectivity index (χ1) is 10.1. The predicted molar refractivity (Wildman–Crippen MR) is 79.5 cm³/mol. The number of aryl methyl sites for hydroxylation is 1. The number of aromatic nitrogens is 2. The molecule has 1 saturated carbocycles. The molecule has 0 aliphatic heterocycles. The zero-order valence-corrected chi connectivity index (χ0v) is 12.6. The quantitative estimate of drug-likeness (QED) is 0.838. The van der Waals surface area contributed by atoms with Crippen LogP contribution in [0.2, 0.25) is 0 Å². The minimum absolute atomic E-state index is 0.160. The van der Waals surface area contributed by atoms with Gasteiger partial charge in [0.1, 0.15) is 11.6 Å². The fourth-order valence-corrected chi connectivity index (χ4v) is 2.72. The Morgan fingerprint density at radius 1 is 1.38 bits per heavy atom. The number of aliphatic carboxylic acids is 1. The first-order valence-electron chi connectivity index (χ1n) is 7.53. The lowest BCUT2D eigenvalue weighted by Gasteiger charge is -2.26. The van der Waals surface area contributed by atoms with E-state index in [9.17, 15) is 4.79 Å². The number of carboxylic acids is 1. The number of anilines is 1. The number of carbonyl (C=O) groups is 1. The molecule has 1 aromatic rings. The Kier molecular flexibility index (Phi) is 5.36. The SMILES string of the molecule is CCOc1cc(NCC2CCC(C(=O)O)CC2)nc(C)n1. The van der Waals surface area contributed by atoms with E-state index in [4.69, 9.17) is 9.84 Å². The molecule has 0 aromatic carbocycles. The number of nitrogens with one attached hydrogen (secondary N) is 1. The number of hydrogen-bond donors (Lipinski definition) is 2. The van der Waals surface area contributed by atoms with Crippen molar-refractivity contribution in [3.8, 4) is 5.88 Å². The topological polar surface area (TPSA) is 84.3 Å². The molecule has 21 heavy (non-hydrogen) atoms. The van der Waals surface area contributed by atoms with Crippen LogP contribution in [0.25, 0.3) is 0 Å². The van der Waals surface area contributed by atoms with Crippen LogP contribution in [0.1, 0.15) is 38.4 Å². The summed E-state index contributed by atoms with van der Waals surface area (Å²) in [5.74, 6) is 1.72. The van der Waals surface area contributed by atoms with E-state index >= 15 is 0 Å². The van der Waals surface area contributed by atoms with Crippen molar-refractivity contribution in [1.29, 1.82) is 0 Å². The van der Waals surface area contributed by atoms with E-state index in [2.05, 4.69) is 15.3 Å². The molecule has 6 nitrogen and oxygen atoms in total. The van der Waals surface area contributed by atoms with Crippen LogP contribution in [0.5, 0.6) is 5.88 Å². The molecule has 2 N–H and O–H groups in total. The predicted octanol–water partition coefficient (Wildman–Crippen LogP) is 2.49. The Balaban J connectivity index is 1.85. The second-order valence-electron chi connectivity index (χ2n) is 5.51. The van der Waals surface area contributed by atoms with Gasteiger partial charge in [0, 0.05) is 12.6 Å². The maximum atomic E-state index is 10.9. The van der Waals surface area contributed by atoms with Gasteiger partial charge in [0.05, 0.1) is 12.5 Å². The molecule has 0 atom stereocenters. The van der Waals surface area contributed by atoms with Gasteiger partial charge in [-0.2, -0.15) is 4.98 Å². The van der Waals surface area contributed by atoms with Gasteiger partial charge in [-0.3, -0.25) is 4.79 Å².